The Kier molecular flexibility index (Phi) is 3.45. The second kappa shape index (κ2) is 4.39. The fourth-order valence-corrected chi connectivity index (χ4v) is 1.47. The number of hydrogen-bond acceptors (Lipinski definition) is 3. The molecule has 1 aliphatic heterocycles. The van der Waals surface area contributed by atoms with E-state index in [1.807, 2.05) is 6.08 Å². The van der Waals surface area contributed by atoms with Crippen molar-refractivity contribution in [1.82, 2.24) is 10.6 Å². The summed E-state index contributed by atoms with van der Waals surface area (Å²) in [5, 5.41) is 15.0. The van der Waals surface area contributed by atoms with Crippen LogP contribution in [-0.4, -0.2) is 36.2 Å². The summed E-state index contributed by atoms with van der Waals surface area (Å²) in [7, 11) is 0. The van der Waals surface area contributed by atoms with E-state index in [2.05, 4.69) is 17.2 Å². The van der Waals surface area contributed by atoms with Gasteiger partial charge in [0.2, 0.25) is 0 Å². The van der Waals surface area contributed by atoms with Crippen molar-refractivity contribution in [2.24, 2.45) is 0 Å². The van der Waals surface area contributed by atoms with Gasteiger partial charge in [0, 0.05) is 13.1 Å². The Bertz CT molecular complexity index is 200. The molecule has 0 unspecified atom stereocenters. The molecule has 4 heteroatoms. The van der Waals surface area contributed by atoms with E-state index in [-0.39, 0.29) is 12.0 Å². The van der Waals surface area contributed by atoms with Crippen molar-refractivity contribution in [1.29, 1.82) is 0 Å². The minimum atomic E-state index is -0.743. The van der Waals surface area contributed by atoms with Crippen LogP contribution in [0, 0.1) is 0 Å². The Hall–Kier alpha value is -0.870. The molecule has 74 valence electrons. The van der Waals surface area contributed by atoms with Gasteiger partial charge in [-0.15, -0.1) is 6.58 Å². The summed E-state index contributed by atoms with van der Waals surface area (Å²) in [6, 6.07) is 0. The Morgan fingerprint density at radius 2 is 2.38 bits per heavy atom. The highest BCUT2D eigenvalue weighted by Crippen LogP contribution is 2.15. The van der Waals surface area contributed by atoms with Gasteiger partial charge in [-0.1, -0.05) is 6.08 Å². The Labute approximate surface area is 78.0 Å². The van der Waals surface area contributed by atoms with E-state index in [9.17, 15) is 4.79 Å². The van der Waals surface area contributed by atoms with E-state index < -0.39 is 5.97 Å². The molecular weight excluding hydrogens is 168 g/mol. The number of hydrogen-bond donors (Lipinski definition) is 3. The fourth-order valence-electron chi connectivity index (χ4n) is 1.47. The number of nitrogens with one attached hydrogen (secondary N) is 2. The molecule has 1 saturated heterocycles. The van der Waals surface area contributed by atoms with Crippen molar-refractivity contribution in [2.45, 2.75) is 18.4 Å². The highest BCUT2D eigenvalue weighted by molar-refractivity contribution is 5.68. The van der Waals surface area contributed by atoms with Crippen LogP contribution in [0.15, 0.2) is 12.7 Å². The summed E-state index contributed by atoms with van der Waals surface area (Å²) in [6.45, 7) is 5.91. The van der Waals surface area contributed by atoms with Crippen LogP contribution >= 0.6 is 0 Å². The van der Waals surface area contributed by atoms with Gasteiger partial charge >= 0.3 is 5.97 Å². The van der Waals surface area contributed by atoms with Crippen molar-refractivity contribution < 1.29 is 9.90 Å². The van der Waals surface area contributed by atoms with Gasteiger partial charge in [0.25, 0.3) is 0 Å². The largest absolute Gasteiger partial charge is 0.481 e. The third-order valence-corrected chi connectivity index (χ3v) is 2.26. The summed E-state index contributed by atoms with van der Waals surface area (Å²) >= 11 is 0. The lowest BCUT2D eigenvalue weighted by Gasteiger charge is -2.42. The van der Waals surface area contributed by atoms with Crippen molar-refractivity contribution in [3.63, 3.8) is 0 Å². The summed E-state index contributed by atoms with van der Waals surface area (Å²) < 4.78 is 0. The van der Waals surface area contributed by atoms with Gasteiger partial charge in [-0.25, -0.2) is 0 Å². The number of rotatable bonds is 6. The molecule has 0 aromatic rings. The molecule has 1 aliphatic rings. The van der Waals surface area contributed by atoms with Crippen LogP contribution in [0.25, 0.3) is 0 Å². The second-order valence-electron chi connectivity index (χ2n) is 3.46. The molecule has 0 atom stereocenters. The lowest BCUT2D eigenvalue weighted by Crippen LogP contribution is -2.68. The second-order valence-corrected chi connectivity index (χ2v) is 3.46. The van der Waals surface area contributed by atoms with Gasteiger partial charge in [-0.2, -0.15) is 0 Å². The monoisotopic (exact) mass is 184 g/mol. The first kappa shape index (κ1) is 10.2. The molecule has 0 aliphatic carbocycles. The van der Waals surface area contributed by atoms with Crippen LogP contribution in [0.3, 0.4) is 0 Å². The topological polar surface area (TPSA) is 61.4 Å². The summed E-state index contributed by atoms with van der Waals surface area (Å²) in [5.41, 5.74) is -0.213. The van der Waals surface area contributed by atoms with Crippen molar-refractivity contribution in [3.8, 4) is 0 Å². The predicted molar refractivity (Wildman–Crippen MR) is 50.7 cm³/mol. The van der Waals surface area contributed by atoms with Crippen LogP contribution in [0.2, 0.25) is 0 Å². The number of carboxylic acids is 1. The van der Waals surface area contributed by atoms with Crippen LogP contribution in [0.1, 0.15) is 12.8 Å². The van der Waals surface area contributed by atoms with Crippen LogP contribution in [0.5, 0.6) is 0 Å². The molecule has 4 nitrogen and oxygen atoms in total. The molecule has 0 bridgehead atoms. The van der Waals surface area contributed by atoms with Crippen molar-refractivity contribution in [2.75, 3.05) is 19.6 Å². The lowest BCUT2D eigenvalue weighted by atomic mass is 9.88. The first-order valence-corrected chi connectivity index (χ1v) is 4.47. The van der Waals surface area contributed by atoms with Gasteiger partial charge < -0.3 is 15.7 Å². The molecule has 0 spiro atoms. The van der Waals surface area contributed by atoms with E-state index in [1.54, 1.807) is 0 Å². The molecule has 0 radical (unpaired) electrons. The molecule has 1 fully saturated rings. The zero-order valence-corrected chi connectivity index (χ0v) is 7.68. The number of carbonyl (C=O) groups is 1. The summed E-state index contributed by atoms with van der Waals surface area (Å²) in [5.74, 6) is -0.743. The SMILES string of the molecule is C=CCCNC1(CC(=O)O)CNC1. The molecular formula is C9H16N2O2. The molecule has 0 aromatic carbocycles. The smallest absolute Gasteiger partial charge is 0.305 e. The van der Waals surface area contributed by atoms with Crippen molar-refractivity contribution >= 4 is 5.97 Å². The quantitative estimate of drug-likeness (QED) is 0.401. The van der Waals surface area contributed by atoms with Gasteiger partial charge in [-0.05, 0) is 13.0 Å². The Balaban J connectivity index is 2.31. The van der Waals surface area contributed by atoms with Crippen LogP contribution < -0.4 is 10.6 Å². The minimum absolute atomic E-state index is 0.192. The molecule has 1 heterocycles. The molecule has 1 rings (SSSR count). The van der Waals surface area contributed by atoms with Crippen molar-refractivity contribution in [3.05, 3.63) is 12.7 Å². The molecule has 3 N–H and O–H groups in total. The van der Waals surface area contributed by atoms with E-state index in [0.717, 1.165) is 26.1 Å². The van der Waals surface area contributed by atoms with E-state index >= 15 is 0 Å². The van der Waals surface area contributed by atoms with Crippen LogP contribution in [-0.2, 0) is 4.79 Å². The van der Waals surface area contributed by atoms with Gasteiger partial charge in [0.05, 0.1) is 12.0 Å². The van der Waals surface area contributed by atoms with E-state index in [4.69, 9.17) is 5.11 Å². The predicted octanol–water partition coefficient (Wildman–Crippen LogP) is -0.0312. The number of aliphatic carboxylic acids is 1. The van der Waals surface area contributed by atoms with Gasteiger partial charge in [0.1, 0.15) is 0 Å². The molecule has 0 saturated carbocycles. The first-order chi connectivity index (χ1) is 6.18. The minimum Gasteiger partial charge on any atom is -0.481 e. The van der Waals surface area contributed by atoms with E-state index in [1.165, 1.54) is 0 Å². The molecule has 0 amide bonds. The highest BCUT2D eigenvalue weighted by Gasteiger charge is 2.38. The standard InChI is InChI=1S/C9H16N2O2/c1-2-3-4-11-9(5-8(12)13)6-10-7-9/h2,10-11H,1,3-7H2,(H,12,13). The third kappa shape index (κ3) is 2.82. The third-order valence-electron chi connectivity index (χ3n) is 2.26. The molecule has 13 heavy (non-hydrogen) atoms. The van der Waals surface area contributed by atoms with E-state index in [0.29, 0.717) is 0 Å². The maximum atomic E-state index is 10.6. The van der Waals surface area contributed by atoms with Crippen LogP contribution in [0.4, 0.5) is 0 Å². The maximum absolute atomic E-state index is 10.6. The number of carboxylic acid groups (broad SMARTS) is 1. The van der Waals surface area contributed by atoms with Gasteiger partial charge in [0.15, 0.2) is 0 Å². The Morgan fingerprint density at radius 3 is 2.77 bits per heavy atom. The Morgan fingerprint density at radius 1 is 1.69 bits per heavy atom. The average molecular weight is 184 g/mol. The fraction of sp³-hybridized carbons (Fsp3) is 0.667. The summed E-state index contributed by atoms with van der Waals surface area (Å²) in [4.78, 5) is 10.6. The first-order valence-electron chi connectivity index (χ1n) is 4.47. The van der Waals surface area contributed by atoms with Gasteiger partial charge in [-0.3, -0.25) is 4.79 Å². The average Bonchev–Trinajstić information content (AvgIpc) is 1.99. The normalized spacial score (nSPS) is 19.1. The zero-order valence-electron chi connectivity index (χ0n) is 7.68. The zero-order chi connectivity index (χ0) is 9.73. The summed E-state index contributed by atoms with van der Waals surface area (Å²) in [6.07, 6.45) is 2.89. The highest BCUT2D eigenvalue weighted by atomic mass is 16.4. The maximum Gasteiger partial charge on any atom is 0.305 e. The lowest BCUT2D eigenvalue weighted by molar-refractivity contribution is -0.139. The molecule has 0 aromatic heterocycles.